The molecule has 16 heavy (non-hydrogen) atoms. The summed E-state index contributed by atoms with van der Waals surface area (Å²) in [4.78, 5) is 11.2. The number of benzene rings is 1. The van der Waals surface area contributed by atoms with Crippen molar-refractivity contribution in [1.82, 2.24) is 0 Å². The van der Waals surface area contributed by atoms with E-state index in [2.05, 4.69) is 4.74 Å². The molecule has 0 fully saturated rings. The maximum atomic E-state index is 11.2. The van der Waals surface area contributed by atoms with Gasteiger partial charge in [-0.25, -0.2) is 0 Å². The minimum absolute atomic E-state index is 0.286. The summed E-state index contributed by atoms with van der Waals surface area (Å²) in [5.41, 5.74) is 1.98. The third-order valence-corrected chi connectivity index (χ3v) is 2.64. The van der Waals surface area contributed by atoms with Gasteiger partial charge in [-0.1, -0.05) is 36.8 Å². The van der Waals surface area contributed by atoms with Gasteiger partial charge in [-0.3, -0.25) is 4.79 Å². The van der Waals surface area contributed by atoms with Crippen molar-refractivity contribution in [1.29, 1.82) is 0 Å². The zero-order valence-electron chi connectivity index (χ0n) is 9.93. The van der Waals surface area contributed by atoms with Gasteiger partial charge in [0.15, 0.2) is 0 Å². The molecule has 0 spiro atoms. The Labute approximate surface area is 96.1 Å². The zero-order valence-corrected chi connectivity index (χ0v) is 9.93. The molecule has 0 aromatic heterocycles. The number of hydrogen-bond acceptors (Lipinski definition) is 3. The Kier molecular flexibility index (Phi) is 4.50. The molecule has 1 aromatic rings. The normalized spacial score (nSPS) is 14.2. The van der Waals surface area contributed by atoms with Crippen molar-refractivity contribution in [3.8, 4) is 0 Å². The fourth-order valence-corrected chi connectivity index (χ4v) is 1.56. The standard InChI is InChI=1S/C13H18O3/c1-9-4-6-11(7-5-9)12(14)8-10(2)13(15)16-3/h4-7,10,12,14H,8H2,1-3H3. The molecule has 1 rings (SSSR count). The molecule has 0 aliphatic carbocycles. The summed E-state index contributed by atoms with van der Waals surface area (Å²) in [5.74, 6) is -0.576. The van der Waals surface area contributed by atoms with Crippen molar-refractivity contribution < 1.29 is 14.6 Å². The second kappa shape index (κ2) is 5.66. The van der Waals surface area contributed by atoms with Crippen LogP contribution >= 0.6 is 0 Å². The molecule has 0 bridgehead atoms. The van der Waals surface area contributed by atoms with E-state index >= 15 is 0 Å². The number of methoxy groups -OCH3 is 1. The summed E-state index contributed by atoms with van der Waals surface area (Å²) < 4.78 is 4.62. The summed E-state index contributed by atoms with van der Waals surface area (Å²) in [6.07, 6.45) is -0.231. The molecule has 0 radical (unpaired) electrons. The SMILES string of the molecule is COC(=O)C(C)CC(O)c1ccc(C)cc1. The van der Waals surface area contributed by atoms with Crippen molar-refractivity contribution in [2.24, 2.45) is 5.92 Å². The number of rotatable bonds is 4. The lowest BCUT2D eigenvalue weighted by Gasteiger charge is -2.15. The van der Waals surface area contributed by atoms with Gasteiger partial charge in [0, 0.05) is 0 Å². The number of esters is 1. The van der Waals surface area contributed by atoms with Crippen molar-refractivity contribution in [2.75, 3.05) is 7.11 Å². The van der Waals surface area contributed by atoms with Crippen molar-refractivity contribution in [3.05, 3.63) is 35.4 Å². The van der Waals surface area contributed by atoms with E-state index in [1.54, 1.807) is 6.92 Å². The number of aryl methyl sites for hydroxylation is 1. The second-order valence-electron chi connectivity index (χ2n) is 4.09. The quantitative estimate of drug-likeness (QED) is 0.795. The van der Waals surface area contributed by atoms with E-state index in [4.69, 9.17) is 0 Å². The van der Waals surface area contributed by atoms with Crippen LogP contribution in [0.1, 0.15) is 30.6 Å². The van der Waals surface area contributed by atoms with Crippen LogP contribution in [0.15, 0.2) is 24.3 Å². The van der Waals surface area contributed by atoms with Gasteiger partial charge in [0.25, 0.3) is 0 Å². The number of carbonyl (C=O) groups excluding carboxylic acids is 1. The Balaban J connectivity index is 2.61. The number of aliphatic hydroxyl groups is 1. The third kappa shape index (κ3) is 3.35. The Bertz CT molecular complexity index is 343. The van der Waals surface area contributed by atoms with Gasteiger partial charge < -0.3 is 9.84 Å². The summed E-state index contributed by atoms with van der Waals surface area (Å²) >= 11 is 0. The van der Waals surface area contributed by atoms with Gasteiger partial charge in [-0.2, -0.15) is 0 Å². The van der Waals surface area contributed by atoms with Gasteiger partial charge in [0.2, 0.25) is 0 Å². The summed E-state index contributed by atoms with van der Waals surface area (Å²) in [6, 6.07) is 7.65. The lowest BCUT2D eigenvalue weighted by molar-refractivity contribution is -0.145. The van der Waals surface area contributed by atoms with Gasteiger partial charge in [-0.05, 0) is 18.9 Å². The molecule has 1 aromatic carbocycles. The lowest BCUT2D eigenvalue weighted by Crippen LogP contribution is -2.15. The highest BCUT2D eigenvalue weighted by molar-refractivity contribution is 5.71. The first-order valence-corrected chi connectivity index (χ1v) is 5.37. The summed E-state index contributed by atoms with van der Waals surface area (Å²) in [5, 5.41) is 9.92. The van der Waals surface area contributed by atoms with Crippen LogP contribution in [-0.4, -0.2) is 18.2 Å². The number of aliphatic hydroxyl groups excluding tert-OH is 1. The largest absolute Gasteiger partial charge is 0.469 e. The monoisotopic (exact) mass is 222 g/mol. The van der Waals surface area contributed by atoms with E-state index in [-0.39, 0.29) is 11.9 Å². The highest BCUT2D eigenvalue weighted by Crippen LogP contribution is 2.22. The first kappa shape index (κ1) is 12.7. The van der Waals surface area contributed by atoms with E-state index in [1.807, 2.05) is 31.2 Å². The Hall–Kier alpha value is -1.35. The molecule has 3 heteroatoms. The molecule has 0 aliphatic heterocycles. The van der Waals surface area contributed by atoms with Crippen LogP contribution in [0.5, 0.6) is 0 Å². The van der Waals surface area contributed by atoms with Crippen LogP contribution in [0.2, 0.25) is 0 Å². The van der Waals surface area contributed by atoms with Crippen molar-refractivity contribution in [3.63, 3.8) is 0 Å². The van der Waals surface area contributed by atoms with E-state index in [0.717, 1.165) is 11.1 Å². The maximum absolute atomic E-state index is 11.2. The van der Waals surface area contributed by atoms with Crippen molar-refractivity contribution in [2.45, 2.75) is 26.4 Å². The molecular weight excluding hydrogens is 204 g/mol. The molecule has 1 N–H and O–H groups in total. The number of hydrogen-bond donors (Lipinski definition) is 1. The zero-order chi connectivity index (χ0) is 12.1. The predicted octanol–water partition coefficient (Wildman–Crippen LogP) is 2.23. The van der Waals surface area contributed by atoms with E-state index in [1.165, 1.54) is 7.11 Å². The molecule has 2 atom stereocenters. The Morgan fingerprint density at radius 1 is 1.38 bits per heavy atom. The highest BCUT2D eigenvalue weighted by atomic mass is 16.5. The molecule has 0 aliphatic rings. The van der Waals surface area contributed by atoms with Crippen molar-refractivity contribution >= 4 is 5.97 Å². The molecule has 3 nitrogen and oxygen atoms in total. The first-order valence-electron chi connectivity index (χ1n) is 5.37. The Morgan fingerprint density at radius 2 is 1.94 bits per heavy atom. The minimum atomic E-state index is -0.616. The average molecular weight is 222 g/mol. The molecular formula is C13H18O3. The van der Waals surface area contributed by atoms with Crippen LogP contribution in [0.3, 0.4) is 0 Å². The first-order chi connectivity index (χ1) is 7.54. The second-order valence-corrected chi connectivity index (χ2v) is 4.09. The fourth-order valence-electron chi connectivity index (χ4n) is 1.56. The molecule has 88 valence electrons. The predicted molar refractivity (Wildman–Crippen MR) is 61.9 cm³/mol. The summed E-state index contributed by atoms with van der Waals surface area (Å²) in [6.45, 7) is 3.75. The van der Waals surface area contributed by atoms with E-state index in [0.29, 0.717) is 6.42 Å². The smallest absolute Gasteiger partial charge is 0.308 e. The van der Waals surface area contributed by atoms with E-state index < -0.39 is 6.10 Å². The fraction of sp³-hybridized carbons (Fsp3) is 0.462. The van der Waals surface area contributed by atoms with Crippen LogP contribution in [0, 0.1) is 12.8 Å². The molecule has 2 unspecified atom stereocenters. The van der Waals surface area contributed by atoms with Gasteiger partial charge in [0.05, 0.1) is 19.1 Å². The van der Waals surface area contributed by atoms with Crippen LogP contribution in [0.25, 0.3) is 0 Å². The minimum Gasteiger partial charge on any atom is -0.469 e. The molecule has 0 amide bonds. The van der Waals surface area contributed by atoms with Crippen LogP contribution in [-0.2, 0) is 9.53 Å². The molecule has 0 heterocycles. The third-order valence-electron chi connectivity index (χ3n) is 2.64. The van der Waals surface area contributed by atoms with Crippen LogP contribution in [0.4, 0.5) is 0 Å². The van der Waals surface area contributed by atoms with Gasteiger partial charge in [0.1, 0.15) is 0 Å². The topological polar surface area (TPSA) is 46.5 Å². The maximum Gasteiger partial charge on any atom is 0.308 e. The Morgan fingerprint density at radius 3 is 2.44 bits per heavy atom. The van der Waals surface area contributed by atoms with Crippen LogP contribution < -0.4 is 0 Å². The molecule has 0 saturated carbocycles. The lowest BCUT2D eigenvalue weighted by atomic mass is 9.98. The highest BCUT2D eigenvalue weighted by Gasteiger charge is 2.18. The van der Waals surface area contributed by atoms with Gasteiger partial charge >= 0.3 is 5.97 Å². The van der Waals surface area contributed by atoms with E-state index in [9.17, 15) is 9.90 Å². The van der Waals surface area contributed by atoms with Gasteiger partial charge in [-0.15, -0.1) is 0 Å². The molecule has 0 saturated heterocycles. The number of carbonyl (C=O) groups is 1. The summed E-state index contributed by atoms with van der Waals surface area (Å²) in [7, 11) is 1.36. The number of ether oxygens (including phenoxy) is 1. The average Bonchev–Trinajstić information content (AvgIpc) is 2.28.